The molecule has 0 spiro atoms. The molecule has 0 unspecified atom stereocenters. The summed E-state index contributed by atoms with van der Waals surface area (Å²) in [4.78, 5) is 13.2. The monoisotopic (exact) mass is 199 g/mol. The molecule has 0 aromatic carbocycles. The minimum Gasteiger partial charge on any atom is -0.394 e. The predicted octanol–water partition coefficient (Wildman–Crippen LogP) is -0.0933. The van der Waals surface area contributed by atoms with E-state index in [9.17, 15) is 9.90 Å². The van der Waals surface area contributed by atoms with Crippen molar-refractivity contribution in [2.45, 2.75) is 31.4 Å². The van der Waals surface area contributed by atoms with Crippen molar-refractivity contribution in [1.82, 2.24) is 4.90 Å². The van der Waals surface area contributed by atoms with Crippen molar-refractivity contribution >= 4 is 5.91 Å². The first-order chi connectivity index (χ1) is 6.70. The fourth-order valence-corrected chi connectivity index (χ4v) is 1.77. The molecule has 2 N–H and O–H groups in total. The topological polar surface area (TPSA) is 60.8 Å². The second kappa shape index (κ2) is 5.12. The van der Waals surface area contributed by atoms with Gasteiger partial charge in [-0.05, 0) is 12.8 Å². The molecule has 1 aliphatic rings. The van der Waals surface area contributed by atoms with Crippen LogP contribution < -0.4 is 0 Å². The lowest BCUT2D eigenvalue weighted by atomic mass is 10.2. The van der Waals surface area contributed by atoms with Gasteiger partial charge in [0.25, 0.3) is 5.91 Å². The highest BCUT2D eigenvalue weighted by atomic mass is 16.3. The molecule has 0 aromatic heterocycles. The summed E-state index contributed by atoms with van der Waals surface area (Å²) in [6.07, 6.45) is 2.51. The van der Waals surface area contributed by atoms with E-state index in [4.69, 9.17) is 5.11 Å². The number of rotatable bonds is 4. The molecule has 1 aliphatic heterocycles. The Labute approximate surface area is 83.8 Å². The second-order valence-electron chi connectivity index (χ2n) is 3.55. The van der Waals surface area contributed by atoms with E-state index in [0.29, 0.717) is 6.54 Å². The van der Waals surface area contributed by atoms with Crippen LogP contribution in [0.2, 0.25) is 0 Å². The fraction of sp³-hybridized carbons (Fsp3) is 0.700. The first-order valence-electron chi connectivity index (χ1n) is 4.91. The summed E-state index contributed by atoms with van der Waals surface area (Å²) in [6.45, 7) is 4.08. The molecule has 1 heterocycles. The molecule has 2 atom stereocenters. The number of amides is 1. The standard InChI is InChI=1S/C10H17NO3/c1-2-4-9(13)10(14)11-6-3-5-8(11)7-12/h2,8-9,12-13H,1,3-7H2/t8-,9-/m0/s1. The van der Waals surface area contributed by atoms with Crippen LogP contribution in [-0.2, 0) is 4.79 Å². The van der Waals surface area contributed by atoms with E-state index in [1.54, 1.807) is 4.90 Å². The van der Waals surface area contributed by atoms with Gasteiger partial charge in [-0.3, -0.25) is 4.79 Å². The summed E-state index contributed by atoms with van der Waals surface area (Å²) in [6, 6.07) is -0.109. The third kappa shape index (κ3) is 2.33. The molecular weight excluding hydrogens is 182 g/mol. The number of aliphatic hydroxyl groups excluding tert-OH is 2. The highest BCUT2D eigenvalue weighted by molar-refractivity contribution is 5.81. The van der Waals surface area contributed by atoms with Crippen molar-refractivity contribution in [2.24, 2.45) is 0 Å². The number of nitrogens with zero attached hydrogens (tertiary/aromatic N) is 1. The maximum absolute atomic E-state index is 11.6. The van der Waals surface area contributed by atoms with E-state index < -0.39 is 6.10 Å². The number of carbonyl (C=O) groups is 1. The van der Waals surface area contributed by atoms with Gasteiger partial charge in [0.1, 0.15) is 6.10 Å². The molecule has 14 heavy (non-hydrogen) atoms. The van der Waals surface area contributed by atoms with E-state index in [2.05, 4.69) is 6.58 Å². The number of hydrogen-bond donors (Lipinski definition) is 2. The third-order valence-corrected chi connectivity index (χ3v) is 2.55. The van der Waals surface area contributed by atoms with E-state index >= 15 is 0 Å². The van der Waals surface area contributed by atoms with Crippen LogP contribution in [0.4, 0.5) is 0 Å². The van der Waals surface area contributed by atoms with Crippen molar-refractivity contribution < 1.29 is 15.0 Å². The largest absolute Gasteiger partial charge is 0.394 e. The maximum Gasteiger partial charge on any atom is 0.252 e. The van der Waals surface area contributed by atoms with Gasteiger partial charge in [0.15, 0.2) is 0 Å². The molecule has 1 rings (SSSR count). The molecule has 4 nitrogen and oxygen atoms in total. The average molecular weight is 199 g/mol. The van der Waals surface area contributed by atoms with Crippen LogP contribution in [0, 0.1) is 0 Å². The highest BCUT2D eigenvalue weighted by Crippen LogP contribution is 2.18. The van der Waals surface area contributed by atoms with Gasteiger partial charge >= 0.3 is 0 Å². The molecule has 4 heteroatoms. The lowest BCUT2D eigenvalue weighted by molar-refractivity contribution is -0.141. The average Bonchev–Trinajstić information content (AvgIpc) is 2.64. The van der Waals surface area contributed by atoms with Gasteiger partial charge in [0.2, 0.25) is 0 Å². The quantitative estimate of drug-likeness (QED) is 0.622. The van der Waals surface area contributed by atoms with Gasteiger partial charge in [0, 0.05) is 13.0 Å². The van der Waals surface area contributed by atoms with Gasteiger partial charge in [-0.25, -0.2) is 0 Å². The number of hydrogen-bond acceptors (Lipinski definition) is 3. The molecule has 80 valence electrons. The third-order valence-electron chi connectivity index (χ3n) is 2.55. The molecule has 1 saturated heterocycles. The van der Waals surface area contributed by atoms with Crippen LogP contribution in [0.1, 0.15) is 19.3 Å². The minimum atomic E-state index is -1.00. The lowest BCUT2D eigenvalue weighted by Crippen LogP contribution is -2.43. The van der Waals surface area contributed by atoms with Crippen LogP contribution >= 0.6 is 0 Å². The molecule has 0 saturated carbocycles. The van der Waals surface area contributed by atoms with Crippen LogP contribution in [0.15, 0.2) is 12.7 Å². The van der Waals surface area contributed by atoms with E-state index in [0.717, 1.165) is 12.8 Å². The molecule has 0 aromatic rings. The number of carbonyl (C=O) groups excluding carboxylic acids is 1. The molecule has 0 radical (unpaired) electrons. The van der Waals surface area contributed by atoms with Crippen molar-refractivity contribution in [2.75, 3.05) is 13.2 Å². The minimum absolute atomic E-state index is 0.0213. The Balaban J connectivity index is 2.54. The Morgan fingerprint density at radius 1 is 1.71 bits per heavy atom. The number of aliphatic hydroxyl groups is 2. The Morgan fingerprint density at radius 2 is 2.43 bits per heavy atom. The van der Waals surface area contributed by atoms with Crippen LogP contribution in [0.25, 0.3) is 0 Å². The normalized spacial score (nSPS) is 23.6. The van der Waals surface area contributed by atoms with E-state index in [1.807, 2.05) is 0 Å². The molecule has 0 bridgehead atoms. The molecule has 1 fully saturated rings. The zero-order chi connectivity index (χ0) is 10.6. The Hall–Kier alpha value is -0.870. The highest BCUT2D eigenvalue weighted by Gasteiger charge is 2.31. The summed E-state index contributed by atoms with van der Waals surface area (Å²) in [5.74, 6) is -0.290. The Morgan fingerprint density at radius 3 is 3.00 bits per heavy atom. The lowest BCUT2D eigenvalue weighted by Gasteiger charge is -2.25. The molecule has 0 aliphatic carbocycles. The van der Waals surface area contributed by atoms with Crippen molar-refractivity contribution in [1.29, 1.82) is 0 Å². The molecular formula is C10H17NO3. The molecule has 1 amide bonds. The van der Waals surface area contributed by atoms with E-state index in [1.165, 1.54) is 6.08 Å². The van der Waals surface area contributed by atoms with E-state index in [-0.39, 0.29) is 25.0 Å². The smallest absolute Gasteiger partial charge is 0.252 e. The maximum atomic E-state index is 11.6. The van der Waals surface area contributed by atoms with Crippen LogP contribution in [-0.4, -0.2) is 46.3 Å². The SMILES string of the molecule is C=CC[C@H](O)C(=O)N1CCC[C@H]1CO. The Kier molecular flexibility index (Phi) is 4.10. The first kappa shape index (κ1) is 11.2. The predicted molar refractivity (Wildman–Crippen MR) is 52.6 cm³/mol. The Bertz CT molecular complexity index is 217. The fourth-order valence-electron chi connectivity index (χ4n) is 1.77. The van der Waals surface area contributed by atoms with Gasteiger partial charge in [0.05, 0.1) is 12.6 Å². The van der Waals surface area contributed by atoms with Crippen molar-refractivity contribution in [3.63, 3.8) is 0 Å². The van der Waals surface area contributed by atoms with Crippen LogP contribution in [0.5, 0.6) is 0 Å². The summed E-state index contributed by atoms with van der Waals surface area (Å²) >= 11 is 0. The first-order valence-corrected chi connectivity index (χ1v) is 4.91. The van der Waals surface area contributed by atoms with Crippen LogP contribution in [0.3, 0.4) is 0 Å². The summed E-state index contributed by atoms with van der Waals surface area (Å²) in [7, 11) is 0. The summed E-state index contributed by atoms with van der Waals surface area (Å²) in [5.41, 5.74) is 0. The second-order valence-corrected chi connectivity index (χ2v) is 3.55. The van der Waals surface area contributed by atoms with Gasteiger partial charge < -0.3 is 15.1 Å². The van der Waals surface area contributed by atoms with Gasteiger partial charge in [-0.15, -0.1) is 6.58 Å². The zero-order valence-corrected chi connectivity index (χ0v) is 8.22. The van der Waals surface area contributed by atoms with Gasteiger partial charge in [-0.2, -0.15) is 0 Å². The number of likely N-dealkylation sites (tertiary alicyclic amines) is 1. The van der Waals surface area contributed by atoms with Crippen molar-refractivity contribution in [3.05, 3.63) is 12.7 Å². The van der Waals surface area contributed by atoms with Gasteiger partial charge in [-0.1, -0.05) is 6.08 Å². The zero-order valence-electron chi connectivity index (χ0n) is 8.22. The van der Waals surface area contributed by atoms with Crippen molar-refractivity contribution in [3.8, 4) is 0 Å². The summed E-state index contributed by atoms with van der Waals surface area (Å²) < 4.78 is 0. The summed E-state index contributed by atoms with van der Waals surface area (Å²) in [5, 5.41) is 18.4.